The van der Waals surface area contributed by atoms with Gasteiger partial charge in [0.15, 0.2) is 9.84 Å². The van der Waals surface area contributed by atoms with Gasteiger partial charge in [-0.1, -0.05) is 41.9 Å². The van der Waals surface area contributed by atoms with Gasteiger partial charge < -0.3 is 5.32 Å². The van der Waals surface area contributed by atoms with Crippen molar-refractivity contribution in [3.63, 3.8) is 0 Å². The van der Waals surface area contributed by atoms with Crippen LogP contribution in [-0.2, 0) is 27.6 Å². The van der Waals surface area contributed by atoms with Crippen LogP contribution in [0.2, 0.25) is 4.34 Å². The second kappa shape index (κ2) is 8.14. The van der Waals surface area contributed by atoms with Gasteiger partial charge in [-0.3, -0.25) is 9.69 Å². The lowest BCUT2D eigenvalue weighted by Crippen LogP contribution is -2.52. The summed E-state index contributed by atoms with van der Waals surface area (Å²) in [6.07, 6.45) is 0.807. The van der Waals surface area contributed by atoms with Gasteiger partial charge in [0, 0.05) is 36.5 Å². The minimum absolute atomic E-state index is 0.0438. The van der Waals surface area contributed by atoms with Crippen LogP contribution >= 0.6 is 22.9 Å². The van der Waals surface area contributed by atoms with Crippen LogP contribution in [0.5, 0.6) is 0 Å². The Morgan fingerprint density at radius 1 is 1.18 bits per heavy atom. The second-order valence-electron chi connectivity index (χ2n) is 7.59. The molecule has 2 aliphatic heterocycles. The fraction of sp³-hybridized carbons (Fsp3) is 0.450. The van der Waals surface area contributed by atoms with Gasteiger partial charge in [-0.15, -0.1) is 11.3 Å². The summed E-state index contributed by atoms with van der Waals surface area (Å²) in [4.78, 5) is 15.8. The predicted octanol–water partition coefficient (Wildman–Crippen LogP) is 2.75. The molecule has 2 aliphatic rings. The third-order valence-corrected chi connectivity index (χ3v) is 9.08. The van der Waals surface area contributed by atoms with Crippen molar-refractivity contribution in [1.29, 1.82) is 0 Å². The van der Waals surface area contributed by atoms with Crippen LogP contribution in [0.15, 0.2) is 42.5 Å². The SMILES string of the molecule is O=C(Cc1ccccc1)NC1CCS(=O)(=O)C2CN(Cc3ccc(Cl)s3)CC12. The van der Waals surface area contributed by atoms with E-state index in [1.165, 1.54) is 11.3 Å². The Kier molecular flexibility index (Phi) is 5.78. The maximum Gasteiger partial charge on any atom is 0.224 e. The molecule has 3 heterocycles. The fourth-order valence-corrected chi connectivity index (χ4v) is 7.57. The number of benzene rings is 1. The Hall–Kier alpha value is -1.41. The van der Waals surface area contributed by atoms with Gasteiger partial charge in [0.05, 0.1) is 21.8 Å². The van der Waals surface area contributed by atoms with Crippen LogP contribution in [0.1, 0.15) is 16.9 Å². The molecular formula is C20H23ClN2O3S2. The van der Waals surface area contributed by atoms with Crippen molar-refractivity contribution in [1.82, 2.24) is 10.2 Å². The van der Waals surface area contributed by atoms with Gasteiger partial charge in [-0.25, -0.2) is 8.42 Å². The Morgan fingerprint density at radius 2 is 1.96 bits per heavy atom. The molecule has 0 radical (unpaired) electrons. The van der Waals surface area contributed by atoms with E-state index in [4.69, 9.17) is 11.6 Å². The first-order chi connectivity index (χ1) is 13.4. The van der Waals surface area contributed by atoms with Crippen LogP contribution in [0.4, 0.5) is 0 Å². The van der Waals surface area contributed by atoms with Crippen molar-refractivity contribution in [3.8, 4) is 0 Å². The van der Waals surface area contributed by atoms with Crippen LogP contribution in [0, 0.1) is 5.92 Å². The number of nitrogens with one attached hydrogen (secondary N) is 1. The third kappa shape index (κ3) is 4.43. The van der Waals surface area contributed by atoms with Gasteiger partial charge in [0.2, 0.25) is 5.91 Å². The molecule has 28 heavy (non-hydrogen) atoms. The summed E-state index contributed by atoms with van der Waals surface area (Å²) in [6, 6.07) is 13.4. The first kappa shape index (κ1) is 19.9. The van der Waals surface area contributed by atoms with Crippen LogP contribution in [0.25, 0.3) is 0 Å². The standard InChI is InChI=1S/C20H23ClN2O3S2/c21-19-7-6-15(27-19)11-23-12-16-17(8-9-28(25,26)18(16)13-23)22-20(24)10-14-4-2-1-3-5-14/h1-7,16-18H,8-13H2,(H,22,24). The van der Waals surface area contributed by atoms with E-state index < -0.39 is 15.1 Å². The molecular weight excluding hydrogens is 416 g/mol. The van der Waals surface area contributed by atoms with E-state index in [0.29, 0.717) is 32.5 Å². The summed E-state index contributed by atoms with van der Waals surface area (Å²) in [5, 5.41) is 2.71. The topological polar surface area (TPSA) is 66.5 Å². The average Bonchev–Trinajstić information content (AvgIpc) is 3.26. The van der Waals surface area contributed by atoms with Gasteiger partial charge in [-0.05, 0) is 24.1 Å². The molecule has 1 aromatic carbocycles. The zero-order valence-corrected chi connectivity index (χ0v) is 17.8. The van der Waals surface area contributed by atoms with Crippen molar-refractivity contribution in [2.75, 3.05) is 18.8 Å². The molecule has 1 N–H and O–H groups in total. The first-order valence-electron chi connectivity index (χ1n) is 9.42. The molecule has 1 aromatic heterocycles. The zero-order chi connectivity index (χ0) is 19.7. The molecule has 0 aliphatic carbocycles. The number of nitrogens with zero attached hydrogens (tertiary/aromatic N) is 1. The summed E-state index contributed by atoms with van der Waals surface area (Å²) in [6.45, 7) is 1.90. The summed E-state index contributed by atoms with van der Waals surface area (Å²) in [7, 11) is -3.12. The summed E-state index contributed by atoms with van der Waals surface area (Å²) >= 11 is 7.54. The second-order valence-corrected chi connectivity index (χ2v) is 11.7. The molecule has 2 fully saturated rings. The monoisotopic (exact) mass is 438 g/mol. The molecule has 4 rings (SSSR count). The van der Waals surface area contributed by atoms with Gasteiger partial charge in [-0.2, -0.15) is 0 Å². The first-order valence-corrected chi connectivity index (χ1v) is 12.3. The number of sulfone groups is 1. The lowest BCUT2D eigenvalue weighted by molar-refractivity contribution is -0.121. The number of hydrogen-bond donors (Lipinski definition) is 1. The molecule has 2 saturated heterocycles. The number of amides is 1. The number of thiophene rings is 1. The molecule has 0 spiro atoms. The van der Waals surface area contributed by atoms with E-state index in [9.17, 15) is 13.2 Å². The molecule has 1 amide bonds. The lowest BCUT2D eigenvalue weighted by Gasteiger charge is -2.33. The molecule has 8 heteroatoms. The minimum atomic E-state index is -3.12. The highest BCUT2D eigenvalue weighted by molar-refractivity contribution is 7.92. The van der Waals surface area contributed by atoms with E-state index in [-0.39, 0.29) is 23.6 Å². The molecule has 5 nitrogen and oxygen atoms in total. The van der Waals surface area contributed by atoms with Crippen molar-refractivity contribution >= 4 is 38.7 Å². The van der Waals surface area contributed by atoms with Gasteiger partial charge in [0.25, 0.3) is 0 Å². The van der Waals surface area contributed by atoms with Crippen LogP contribution < -0.4 is 5.32 Å². The molecule has 2 aromatic rings. The van der Waals surface area contributed by atoms with Crippen molar-refractivity contribution in [2.45, 2.75) is 30.7 Å². The van der Waals surface area contributed by atoms with Gasteiger partial charge in [0.1, 0.15) is 0 Å². The normalized spacial score (nSPS) is 26.7. The van der Waals surface area contributed by atoms with Crippen LogP contribution in [-0.4, -0.2) is 49.4 Å². The molecule has 0 bridgehead atoms. The van der Waals surface area contributed by atoms with E-state index >= 15 is 0 Å². The fourth-order valence-electron chi connectivity index (χ4n) is 4.31. The van der Waals surface area contributed by atoms with Gasteiger partial charge >= 0.3 is 0 Å². The van der Waals surface area contributed by atoms with Crippen LogP contribution in [0.3, 0.4) is 0 Å². The molecule has 0 saturated carbocycles. The Labute approximate surface area is 174 Å². The lowest BCUT2D eigenvalue weighted by atomic mass is 9.95. The number of halogens is 1. The Balaban J connectivity index is 1.43. The highest BCUT2D eigenvalue weighted by atomic mass is 35.5. The number of fused-ring (bicyclic) bond motifs is 1. The Bertz CT molecular complexity index is 945. The Morgan fingerprint density at radius 3 is 2.68 bits per heavy atom. The highest BCUT2D eigenvalue weighted by Crippen LogP contribution is 2.34. The number of carbonyl (C=O) groups is 1. The molecule has 150 valence electrons. The van der Waals surface area contributed by atoms with E-state index in [2.05, 4.69) is 10.2 Å². The maximum absolute atomic E-state index is 12.6. The van der Waals surface area contributed by atoms with Crippen molar-refractivity contribution in [2.24, 2.45) is 5.92 Å². The number of likely N-dealkylation sites (tertiary alicyclic amines) is 1. The van der Waals surface area contributed by atoms with Crippen molar-refractivity contribution in [3.05, 3.63) is 57.2 Å². The smallest absolute Gasteiger partial charge is 0.224 e. The quantitative estimate of drug-likeness (QED) is 0.779. The van der Waals surface area contributed by atoms with E-state index in [1.54, 1.807) is 0 Å². The predicted molar refractivity (Wildman–Crippen MR) is 112 cm³/mol. The van der Waals surface area contributed by atoms with E-state index in [1.807, 2.05) is 42.5 Å². The summed E-state index contributed by atoms with van der Waals surface area (Å²) in [5.74, 6) is 0.0370. The van der Waals surface area contributed by atoms with E-state index in [0.717, 1.165) is 14.8 Å². The number of hydrogen-bond acceptors (Lipinski definition) is 5. The maximum atomic E-state index is 12.6. The largest absolute Gasteiger partial charge is 0.353 e. The number of carbonyl (C=O) groups excluding carboxylic acids is 1. The average molecular weight is 439 g/mol. The molecule has 3 atom stereocenters. The zero-order valence-electron chi connectivity index (χ0n) is 15.4. The number of rotatable bonds is 5. The third-order valence-electron chi connectivity index (χ3n) is 5.64. The molecule has 3 unspecified atom stereocenters. The van der Waals surface area contributed by atoms with Crippen molar-refractivity contribution < 1.29 is 13.2 Å². The summed E-state index contributed by atoms with van der Waals surface area (Å²) in [5.41, 5.74) is 0.961. The minimum Gasteiger partial charge on any atom is -0.353 e. The highest BCUT2D eigenvalue weighted by Gasteiger charge is 2.48. The summed E-state index contributed by atoms with van der Waals surface area (Å²) < 4.78 is 26.0.